The highest BCUT2D eigenvalue weighted by molar-refractivity contribution is 5.77. The maximum absolute atomic E-state index is 11.8. The summed E-state index contributed by atoms with van der Waals surface area (Å²) in [5.74, 6) is 0.689. The number of hydrogen-bond acceptors (Lipinski definition) is 3. The summed E-state index contributed by atoms with van der Waals surface area (Å²) in [6, 6.07) is 4.08. The Morgan fingerprint density at radius 1 is 1.40 bits per heavy atom. The molecule has 0 aliphatic carbocycles. The Morgan fingerprint density at radius 2 is 2.20 bits per heavy atom. The number of aryl methyl sites for hydroxylation is 2. The van der Waals surface area contributed by atoms with Gasteiger partial charge in [0.05, 0.1) is 6.10 Å². The van der Waals surface area contributed by atoms with Crippen molar-refractivity contribution in [3.05, 3.63) is 28.8 Å². The maximum Gasteiger partial charge on any atom is 0.258 e. The lowest BCUT2D eigenvalue weighted by molar-refractivity contribution is -0.123. The first kappa shape index (κ1) is 14.9. The second-order valence-electron chi connectivity index (χ2n) is 5.43. The van der Waals surface area contributed by atoms with Gasteiger partial charge in [0.2, 0.25) is 0 Å². The van der Waals surface area contributed by atoms with Crippen molar-refractivity contribution >= 4 is 5.91 Å². The van der Waals surface area contributed by atoms with E-state index in [1.54, 1.807) is 0 Å². The lowest BCUT2D eigenvalue weighted by atomic mass is 10.1. The van der Waals surface area contributed by atoms with Crippen molar-refractivity contribution in [2.75, 3.05) is 19.8 Å². The summed E-state index contributed by atoms with van der Waals surface area (Å²) in [5.41, 5.74) is 3.41. The van der Waals surface area contributed by atoms with Crippen molar-refractivity contribution < 1.29 is 14.3 Å². The van der Waals surface area contributed by atoms with E-state index in [2.05, 4.69) is 11.4 Å². The lowest BCUT2D eigenvalue weighted by Gasteiger charge is -2.14. The van der Waals surface area contributed by atoms with Gasteiger partial charge in [0.25, 0.3) is 5.91 Å². The third-order valence-corrected chi connectivity index (χ3v) is 3.67. The zero-order chi connectivity index (χ0) is 14.5. The summed E-state index contributed by atoms with van der Waals surface area (Å²) < 4.78 is 11.1. The Hall–Kier alpha value is -1.55. The number of benzene rings is 1. The van der Waals surface area contributed by atoms with Crippen LogP contribution in [0.15, 0.2) is 12.1 Å². The Kier molecular flexibility index (Phi) is 5.01. The van der Waals surface area contributed by atoms with Gasteiger partial charge in [-0.05, 0) is 56.4 Å². The minimum atomic E-state index is -0.0981. The molecule has 1 aliphatic rings. The maximum atomic E-state index is 11.8. The van der Waals surface area contributed by atoms with Crippen molar-refractivity contribution in [1.82, 2.24) is 5.32 Å². The molecule has 1 aromatic carbocycles. The highest BCUT2D eigenvalue weighted by Gasteiger charge is 2.16. The summed E-state index contributed by atoms with van der Waals surface area (Å²) in [6.07, 6.45) is 2.28. The molecule has 1 N–H and O–H groups in total. The normalized spacial score (nSPS) is 18.1. The predicted molar refractivity (Wildman–Crippen MR) is 78.1 cm³/mol. The summed E-state index contributed by atoms with van der Waals surface area (Å²) in [7, 11) is 0. The second-order valence-corrected chi connectivity index (χ2v) is 5.43. The fourth-order valence-corrected chi connectivity index (χ4v) is 2.38. The molecule has 0 saturated carbocycles. The molecule has 1 amide bonds. The molecule has 4 nitrogen and oxygen atoms in total. The van der Waals surface area contributed by atoms with E-state index in [1.165, 1.54) is 5.56 Å². The first-order chi connectivity index (χ1) is 9.56. The summed E-state index contributed by atoms with van der Waals surface area (Å²) >= 11 is 0. The molecule has 2 rings (SSSR count). The molecule has 20 heavy (non-hydrogen) atoms. The molecule has 0 aromatic heterocycles. The smallest absolute Gasteiger partial charge is 0.258 e. The molecule has 0 radical (unpaired) electrons. The van der Waals surface area contributed by atoms with Crippen molar-refractivity contribution in [3.63, 3.8) is 0 Å². The van der Waals surface area contributed by atoms with Gasteiger partial charge in [0.15, 0.2) is 6.61 Å². The minimum Gasteiger partial charge on any atom is -0.483 e. The van der Waals surface area contributed by atoms with E-state index < -0.39 is 0 Å². The van der Waals surface area contributed by atoms with Crippen LogP contribution in [0.3, 0.4) is 0 Å². The van der Waals surface area contributed by atoms with E-state index in [0.29, 0.717) is 6.54 Å². The summed E-state index contributed by atoms with van der Waals surface area (Å²) in [6.45, 7) is 7.52. The fourth-order valence-electron chi connectivity index (χ4n) is 2.38. The van der Waals surface area contributed by atoms with Crippen LogP contribution in [-0.4, -0.2) is 31.8 Å². The molecule has 1 fully saturated rings. The zero-order valence-electron chi connectivity index (χ0n) is 12.5. The van der Waals surface area contributed by atoms with Crippen LogP contribution >= 0.6 is 0 Å². The second kappa shape index (κ2) is 6.75. The van der Waals surface area contributed by atoms with Gasteiger partial charge < -0.3 is 14.8 Å². The Morgan fingerprint density at radius 3 is 2.90 bits per heavy atom. The van der Waals surface area contributed by atoms with E-state index in [1.807, 2.05) is 26.8 Å². The van der Waals surface area contributed by atoms with Gasteiger partial charge in [-0.3, -0.25) is 4.79 Å². The van der Waals surface area contributed by atoms with Crippen LogP contribution in [0.4, 0.5) is 0 Å². The van der Waals surface area contributed by atoms with E-state index in [4.69, 9.17) is 9.47 Å². The van der Waals surface area contributed by atoms with Crippen molar-refractivity contribution in [1.29, 1.82) is 0 Å². The molecule has 0 unspecified atom stereocenters. The molecular formula is C16H23NO3. The molecular weight excluding hydrogens is 254 g/mol. The van der Waals surface area contributed by atoms with Crippen LogP contribution in [0.1, 0.15) is 29.5 Å². The number of hydrogen-bond donors (Lipinski definition) is 1. The van der Waals surface area contributed by atoms with Crippen LogP contribution < -0.4 is 10.1 Å². The number of carbonyl (C=O) groups excluding carboxylic acids is 1. The zero-order valence-corrected chi connectivity index (χ0v) is 12.5. The van der Waals surface area contributed by atoms with Crippen LogP contribution in [0.5, 0.6) is 5.75 Å². The number of ether oxygens (including phenoxy) is 2. The predicted octanol–water partition coefficient (Wildman–Crippen LogP) is 2.29. The van der Waals surface area contributed by atoms with Crippen LogP contribution in [0, 0.1) is 20.8 Å². The molecule has 0 spiro atoms. The van der Waals surface area contributed by atoms with Crippen molar-refractivity contribution in [2.24, 2.45) is 0 Å². The average molecular weight is 277 g/mol. The SMILES string of the molecule is Cc1cc(C)c(C)c(OCC(=O)NC[C@@H]2CCCO2)c1. The Balaban J connectivity index is 1.80. The Bertz CT molecular complexity index is 479. The molecule has 1 aromatic rings. The third-order valence-electron chi connectivity index (χ3n) is 3.67. The van der Waals surface area contributed by atoms with E-state index in [0.717, 1.165) is 36.3 Å². The number of carbonyl (C=O) groups is 1. The summed E-state index contributed by atoms with van der Waals surface area (Å²) in [4.78, 5) is 11.8. The van der Waals surface area contributed by atoms with Crippen LogP contribution in [0.2, 0.25) is 0 Å². The monoisotopic (exact) mass is 277 g/mol. The lowest BCUT2D eigenvalue weighted by Crippen LogP contribution is -2.35. The van der Waals surface area contributed by atoms with Crippen molar-refractivity contribution in [3.8, 4) is 5.75 Å². The molecule has 110 valence electrons. The standard InChI is InChI=1S/C16H23NO3/c1-11-7-12(2)13(3)15(8-11)20-10-16(18)17-9-14-5-4-6-19-14/h7-8,14H,4-6,9-10H2,1-3H3,(H,17,18)/t14-/m0/s1. The molecule has 4 heteroatoms. The molecule has 1 aliphatic heterocycles. The van der Waals surface area contributed by atoms with Gasteiger partial charge in [-0.1, -0.05) is 6.07 Å². The topological polar surface area (TPSA) is 47.6 Å². The quantitative estimate of drug-likeness (QED) is 0.898. The first-order valence-electron chi connectivity index (χ1n) is 7.15. The highest BCUT2D eigenvalue weighted by atomic mass is 16.5. The highest BCUT2D eigenvalue weighted by Crippen LogP contribution is 2.23. The fraction of sp³-hybridized carbons (Fsp3) is 0.562. The van der Waals surface area contributed by atoms with Crippen molar-refractivity contribution in [2.45, 2.75) is 39.7 Å². The van der Waals surface area contributed by atoms with E-state index in [9.17, 15) is 4.79 Å². The first-order valence-corrected chi connectivity index (χ1v) is 7.15. The van der Waals surface area contributed by atoms with Gasteiger partial charge in [0.1, 0.15) is 5.75 Å². The molecule has 1 heterocycles. The van der Waals surface area contributed by atoms with E-state index in [-0.39, 0.29) is 18.6 Å². The molecule has 1 atom stereocenters. The van der Waals surface area contributed by atoms with E-state index >= 15 is 0 Å². The van der Waals surface area contributed by atoms with Gasteiger partial charge in [-0.25, -0.2) is 0 Å². The number of rotatable bonds is 5. The molecule has 1 saturated heterocycles. The third kappa shape index (κ3) is 3.97. The van der Waals surface area contributed by atoms with Gasteiger partial charge in [-0.2, -0.15) is 0 Å². The van der Waals surface area contributed by atoms with Crippen LogP contribution in [0.25, 0.3) is 0 Å². The summed E-state index contributed by atoms with van der Waals surface area (Å²) in [5, 5.41) is 2.85. The largest absolute Gasteiger partial charge is 0.483 e. The number of amides is 1. The Labute approximate surface area is 120 Å². The number of nitrogens with one attached hydrogen (secondary N) is 1. The van der Waals surface area contributed by atoms with Crippen LogP contribution in [-0.2, 0) is 9.53 Å². The molecule has 0 bridgehead atoms. The van der Waals surface area contributed by atoms with Gasteiger partial charge >= 0.3 is 0 Å². The average Bonchev–Trinajstić information content (AvgIpc) is 2.92. The van der Waals surface area contributed by atoms with Gasteiger partial charge in [0, 0.05) is 13.2 Å². The van der Waals surface area contributed by atoms with Gasteiger partial charge in [-0.15, -0.1) is 0 Å². The minimum absolute atomic E-state index is 0.0520.